The number of benzene rings is 2. The molecule has 44 heavy (non-hydrogen) atoms. The molecule has 0 amide bonds. The normalized spacial score (nSPS) is 12.9. The first-order chi connectivity index (χ1) is 21.2. The van der Waals surface area contributed by atoms with E-state index in [1.54, 1.807) is 33.5 Å². The summed E-state index contributed by atoms with van der Waals surface area (Å²) in [5, 5.41) is 22.6. The van der Waals surface area contributed by atoms with E-state index >= 15 is 0 Å². The number of ether oxygens (including phenoxy) is 6. The largest absolute Gasteiger partial charge is 0.493 e. The fraction of sp³-hybridized carbons (Fsp3) is 0.618. The molecule has 2 rings (SSSR count). The number of hydrogen-bond donors (Lipinski definition) is 0. The van der Waals surface area contributed by atoms with Gasteiger partial charge in [0.15, 0.2) is 23.0 Å². The van der Waals surface area contributed by atoms with Gasteiger partial charge >= 0.3 is 0 Å². The molecule has 0 saturated heterocycles. The van der Waals surface area contributed by atoms with Crippen LogP contribution < -0.4 is 28.4 Å². The quantitative estimate of drug-likeness (QED) is 0.0746. The van der Waals surface area contributed by atoms with Crippen molar-refractivity contribution < 1.29 is 33.3 Å². The van der Waals surface area contributed by atoms with Crippen LogP contribution in [0.5, 0.6) is 34.5 Å². The van der Waals surface area contributed by atoms with Gasteiger partial charge in [0.2, 0.25) is 17.5 Å². The predicted octanol–water partition coefficient (Wildman–Crippen LogP) is 7.70. The smallest absolute Gasteiger partial charge is 0.217 e. The number of nitrogens with zero attached hydrogens (tertiary/aromatic N) is 2. The van der Waals surface area contributed by atoms with Crippen LogP contribution in [0.15, 0.2) is 24.3 Å². The summed E-state index contributed by atoms with van der Waals surface area (Å²) in [5.41, 5.74) is 0.364. The molecule has 2 unspecified atom stereocenters. The Kier molecular flexibility index (Phi) is 15.5. The zero-order valence-corrected chi connectivity index (χ0v) is 27.5. The van der Waals surface area contributed by atoms with Crippen molar-refractivity contribution >= 4 is 0 Å². The van der Waals surface area contributed by atoms with Crippen LogP contribution in [0.25, 0.3) is 0 Å². The lowest BCUT2D eigenvalue weighted by molar-refractivity contribution is -0.523. The van der Waals surface area contributed by atoms with Gasteiger partial charge < -0.3 is 28.4 Å². The van der Waals surface area contributed by atoms with Crippen molar-refractivity contribution in [3.63, 3.8) is 0 Å². The third kappa shape index (κ3) is 9.83. The van der Waals surface area contributed by atoms with E-state index in [1.165, 1.54) is 7.11 Å². The van der Waals surface area contributed by atoms with E-state index in [4.69, 9.17) is 28.4 Å². The molecule has 2 aromatic carbocycles. The van der Waals surface area contributed by atoms with E-state index in [1.807, 2.05) is 19.1 Å². The molecule has 2 aromatic rings. The summed E-state index contributed by atoms with van der Waals surface area (Å²) in [4.78, 5) is 11.8. The van der Waals surface area contributed by atoms with E-state index in [-0.39, 0.29) is 11.3 Å². The molecule has 0 aliphatic rings. The van der Waals surface area contributed by atoms with Crippen molar-refractivity contribution in [2.45, 2.75) is 96.4 Å². The van der Waals surface area contributed by atoms with E-state index in [2.05, 4.69) is 19.9 Å². The van der Waals surface area contributed by atoms with Crippen LogP contribution in [0.4, 0.5) is 0 Å². The molecule has 0 saturated carbocycles. The molecule has 0 aromatic heterocycles. The highest BCUT2D eigenvalue weighted by Gasteiger charge is 2.36. The maximum atomic E-state index is 12.1. The number of nitriles is 1. The molecule has 2 atom stereocenters. The van der Waals surface area contributed by atoms with Crippen LogP contribution >= 0.6 is 0 Å². The van der Waals surface area contributed by atoms with Crippen molar-refractivity contribution in [1.82, 2.24) is 0 Å². The Hall–Kier alpha value is -3.87. The molecule has 10 nitrogen and oxygen atoms in total. The maximum absolute atomic E-state index is 12.1. The SMILES string of the molecule is CCCCCOc1cc(C(C)(C#N)CCCC(Cc2ccc(OC)c(OC)c2)[N+](=O)[O-])c(OCCCCC)c(OC)c1OC. The molecule has 0 radical (unpaired) electrons. The highest BCUT2D eigenvalue weighted by molar-refractivity contribution is 5.65. The van der Waals surface area contributed by atoms with Crippen molar-refractivity contribution in [3.8, 4) is 40.6 Å². The minimum atomic E-state index is -1.04. The van der Waals surface area contributed by atoms with Gasteiger partial charge in [-0.3, -0.25) is 10.1 Å². The van der Waals surface area contributed by atoms with Gasteiger partial charge in [-0.1, -0.05) is 45.6 Å². The molecule has 10 heteroatoms. The first kappa shape index (κ1) is 36.3. The summed E-state index contributed by atoms with van der Waals surface area (Å²) in [7, 11) is 6.18. The summed E-state index contributed by atoms with van der Waals surface area (Å²) in [5.74, 6) is 2.81. The molecular weight excluding hydrogens is 564 g/mol. The van der Waals surface area contributed by atoms with E-state index in [0.717, 1.165) is 44.1 Å². The first-order valence-electron chi connectivity index (χ1n) is 15.5. The van der Waals surface area contributed by atoms with E-state index < -0.39 is 11.5 Å². The number of nitro groups is 1. The Bertz CT molecular complexity index is 1230. The second-order valence-corrected chi connectivity index (χ2v) is 11.1. The Morgan fingerprint density at radius 2 is 1.45 bits per heavy atom. The van der Waals surface area contributed by atoms with Gasteiger partial charge in [-0.2, -0.15) is 5.26 Å². The maximum Gasteiger partial charge on any atom is 0.217 e. The third-order valence-corrected chi connectivity index (χ3v) is 7.84. The van der Waals surface area contributed by atoms with Crippen LogP contribution in [0.3, 0.4) is 0 Å². The summed E-state index contributed by atoms with van der Waals surface area (Å²) >= 11 is 0. The minimum Gasteiger partial charge on any atom is -0.493 e. The lowest BCUT2D eigenvalue weighted by atomic mass is 9.78. The topological polar surface area (TPSA) is 122 Å². The fourth-order valence-electron chi connectivity index (χ4n) is 5.20. The average Bonchev–Trinajstić information content (AvgIpc) is 3.03. The summed E-state index contributed by atoms with van der Waals surface area (Å²) < 4.78 is 34.6. The lowest BCUT2D eigenvalue weighted by Crippen LogP contribution is -2.25. The molecular formula is C34H50N2O8. The van der Waals surface area contributed by atoms with Crippen molar-refractivity contribution in [3.05, 3.63) is 45.5 Å². The Balaban J connectivity index is 2.39. The van der Waals surface area contributed by atoms with E-state index in [9.17, 15) is 15.4 Å². The van der Waals surface area contributed by atoms with Gasteiger partial charge in [0.25, 0.3) is 0 Å². The van der Waals surface area contributed by atoms with Crippen LogP contribution in [0, 0.1) is 21.4 Å². The molecule has 0 fully saturated rings. The lowest BCUT2D eigenvalue weighted by Gasteiger charge is -2.28. The molecule has 0 aliphatic carbocycles. The molecule has 0 heterocycles. The summed E-state index contributed by atoms with van der Waals surface area (Å²) in [6.45, 7) is 7.03. The van der Waals surface area contributed by atoms with E-state index in [0.29, 0.717) is 72.5 Å². The zero-order chi connectivity index (χ0) is 32.5. The summed E-state index contributed by atoms with van der Waals surface area (Å²) in [6.07, 6.45) is 7.20. The second-order valence-electron chi connectivity index (χ2n) is 11.1. The molecule has 0 spiro atoms. The number of rotatable bonds is 22. The average molecular weight is 615 g/mol. The van der Waals surface area contributed by atoms with Gasteiger partial charge in [0, 0.05) is 23.3 Å². The van der Waals surface area contributed by atoms with Crippen molar-refractivity contribution in [1.29, 1.82) is 5.26 Å². The van der Waals surface area contributed by atoms with Crippen LogP contribution in [0.2, 0.25) is 0 Å². The predicted molar refractivity (Wildman–Crippen MR) is 170 cm³/mol. The van der Waals surface area contributed by atoms with Gasteiger partial charge in [0.1, 0.15) is 0 Å². The van der Waals surface area contributed by atoms with Gasteiger partial charge in [0.05, 0.1) is 53.1 Å². The van der Waals surface area contributed by atoms with Crippen LogP contribution in [0.1, 0.15) is 89.7 Å². The minimum absolute atomic E-state index is 0.231. The van der Waals surface area contributed by atoms with Crippen LogP contribution in [-0.2, 0) is 11.8 Å². The first-order valence-corrected chi connectivity index (χ1v) is 15.5. The molecule has 0 aliphatic heterocycles. The molecule has 0 N–H and O–H groups in total. The highest BCUT2D eigenvalue weighted by atomic mass is 16.6. The third-order valence-electron chi connectivity index (χ3n) is 7.84. The summed E-state index contributed by atoms with van der Waals surface area (Å²) in [6, 6.07) is 8.79. The Morgan fingerprint density at radius 3 is 2.00 bits per heavy atom. The zero-order valence-electron chi connectivity index (χ0n) is 27.5. The standard InChI is InChI=1S/C34H50N2O8/c1-8-10-12-19-43-30-23-27(31(44-20-13-11-9-2)33(42-7)32(30)41-6)34(3,24-35)18-14-15-26(36(37)38)21-25-16-17-28(39-4)29(22-25)40-5/h16-17,22-23,26H,8-15,18-21H2,1-7H3. The fourth-order valence-corrected chi connectivity index (χ4v) is 5.20. The monoisotopic (exact) mass is 614 g/mol. The molecule has 0 bridgehead atoms. The van der Waals surface area contributed by atoms with Gasteiger partial charge in [-0.25, -0.2) is 0 Å². The highest BCUT2D eigenvalue weighted by Crippen LogP contribution is 2.51. The van der Waals surface area contributed by atoms with Crippen molar-refractivity contribution in [2.75, 3.05) is 41.7 Å². The number of unbranched alkanes of at least 4 members (excludes halogenated alkanes) is 4. The Morgan fingerprint density at radius 1 is 0.818 bits per heavy atom. The van der Waals surface area contributed by atoms with Gasteiger partial charge in [-0.15, -0.1) is 0 Å². The number of hydrogen-bond acceptors (Lipinski definition) is 9. The van der Waals surface area contributed by atoms with Crippen molar-refractivity contribution in [2.24, 2.45) is 0 Å². The van der Waals surface area contributed by atoms with Gasteiger partial charge in [-0.05, 0) is 56.4 Å². The molecule has 244 valence electrons. The second kappa shape index (κ2) is 18.7. The Labute approximate surface area is 262 Å². The van der Waals surface area contributed by atoms with Crippen LogP contribution in [-0.4, -0.2) is 52.6 Å². The number of methoxy groups -OCH3 is 4.